The molecule has 1 aromatic heterocycles. The van der Waals surface area contributed by atoms with Gasteiger partial charge in [-0.2, -0.15) is 0 Å². The molecule has 7 nitrogen and oxygen atoms in total. The topological polar surface area (TPSA) is 101 Å². The summed E-state index contributed by atoms with van der Waals surface area (Å²) >= 11 is 1.57. The Balaban J connectivity index is 1.64. The highest BCUT2D eigenvalue weighted by molar-refractivity contribution is 7.90. The monoisotopic (exact) mass is 378 g/mol. The Kier molecular flexibility index (Phi) is 4.87. The molecule has 0 aliphatic carbocycles. The Hall–Kier alpha value is -2.26. The lowest BCUT2D eigenvalue weighted by molar-refractivity contribution is -0.121. The Morgan fingerprint density at radius 2 is 2.16 bits per heavy atom. The summed E-state index contributed by atoms with van der Waals surface area (Å²) < 4.78 is 26.5. The summed E-state index contributed by atoms with van der Waals surface area (Å²) in [5.41, 5.74) is 1.43. The number of carbonyl (C=O) groups is 1. The first-order chi connectivity index (χ1) is 11.9. The molecule has 3 rings (SSSR count). The van der Waals surface area contributed by atoms with Gasteiger partial charge in [-0.25, -0.2) is 13.4 Å². The number of hydrogen-bond donors (Lipinski definition) is 2. The van der Waals surface area contributed by atoms with Gasteiger partial charge in [0.25, 0.3) is 10.0 Å². The molecule has 25 heavy (non-hydrogen) atoms. The molecule has 0 fully saturated rings. The molecule has 1 aromatic carbocycles. The summed E-state index contributed by atoms with van der Waals surface area (Å²) in [5.74, 6) is -0.0589. The first-order valence-corrected chi connectivity index (χ1v) is 10.1. The largest absolute Gasteiger partial charge is 0.354 e. The van der Waals surface area contributed by atoms with Gasteiger partial charge >= 0.3 is 0 Å². The third-order valence-electron chi connectivity index (χ3n) is 3.71. The van der Waals surface area contributed by atoms with Crippen LogP contribution in [-0.2, 0) is 21.2 Å². The van der Waals surface area contributed by atoms with E-state index in [2.05, 4.69) is 20.0 Å². The van der Waals surface area contributed by atoms with E-state index in [-0.39, 0.29) is 16.6 Å². The molecule has 1 amide bonds. The SMILES string of the molecule is Cc1nc(CCNC(=O)[C@@H](C)N=C2NS(=O)(=O)c3ccccc32)cs1. The Morgan fingerprint density at radius 3 is 2.88 bits per heavy atom. The maximum absolute atomic E-state index is 12.2. The fourth-order valence-electron chi connectivity index (χ4n) is 2.47. The maximum atomic E-state index is 12.2. The van der Waals surface area contributed by atoms with Gasteiger partial charge in [0.05, 0.1) is 15.6 Å². The number of hydrogen-bond acceptors (Lipinski definition) is 6. The summed E-state index contributed by atoms with van der Waals surface area (Å²) in [5, 5.41) is 5.76. The van der Waals surface area contributed by atoms with E-state index in [9.17, 15) is 13.2 Å². The van der Waals surface area contributed by atoms with E-state index in [0.29, 0.717) is 18.5 Å². The zero-order valence-corrected chi connectivity index (χ0v) is 15.4. The quantitative estimate of drug-likeness (QED) is 0.817. The molecule has 2 N–H and O–H groups in total. The van der Waals surface area contributed by atoms with Crippen molar-refractivity contribution in [3.63, 3.8) is 0 Å². The van der Waals surface area contributed by atoms with E-state index in [1.807, 2.05) is 12.3 Å². The minimum absolute atomic E-state index is 0.181. The molecule has 2 heterocycles. The number of nitrogens with zero attached hydrogens (tertiary/aromatic N) is 2. The number of rotatable bonds is 5. The third kappa shape index (κ3) is 3.88. The number of benzene rings is 1. The van der Waals surface area contributed by atoms with Gasteiger partial charge in [-0.1, -0.05) is 12.1 Å². The van der Waals surface area contributed by atoms with Gasteiger partial charge in [-0.05, 0) is 26.0 Å². The molecule has 9 heteroatoms. The van der Waals surface area contributed by atoms with Crippen LogP contribution in [0, 0.1) is 6.92 Å². The molecular weight excluding hydrogens is 360 g/mol. The molecule has 0 bridgehead atoms. The molecule has 0 saturated heterocycles. The first kappa shape index (κ1) is 17.6. The predicted octanol–water partition coefficient (Wildman–Crippen LogP) is 1.24. The summed E-state index contributed by atoms with van der Waals surface area (Å²) in [6.07, 6.45) is 0.648. The number of aromatic nitrogens is 1. The van der Waals surface area contributed by atoms with Crippen molar-refractivity contribution >= 4 is 33.1 Å². The lowest BCUT2D eigenvalue weighted by Crippen LogP contribution is -2.35. The molecule has 0 spiro atoms. The number of nitrogens with one attached hydrogen (secondary N) is 2. The highest BCUT2D eigenvalue weighted by atomic mass is 32.2. The lowest BCUT2D eigenvalue weighted by Gasteiger charge is -2.09. The lowest BCUT2D eigenvalue weighted by atomic mass is 10.2. The second-order valence-electron chi connectivity index (χ2n) is 5.65. The van der Waals surface area contributed by atoms with Crippen LogP contribution >= 0.6 is 11.3 Å². The number of amidine groups is 1. The molecular formula is C16H18N4O3S2. The summed E-state index contributed by atoms with van der Waals surface area (Å²) in [4.78, 5) is 21.0. The fourth-order valence-corrected chi connectivity index (χ4v) is 4.35. The van der Waals surface area contributed by atoms with Gasteiger partial charge in [0.2, 0.25) is 5.91 Å². The average Bonchev–Trinajstić information content (AvgIpc) is 3.09. The van der Waals surface area contributed by atoms with Gasteiger partial charge in [-0.15, -0.1) is 11.3 Å². The van der Waals surface area contributed by atoms with E-state index >= 15 is 0 Å². The Morgan fingerprint density at radius 1 is 1.40 bits per heavy atom. The number of aliphatic imine (C=N–C) groups is 1. The first-order valence-electron chi connectivity index (χ1n) is 7.75. The van der Waals surface area contributed by atoms with Crippen LogP contribution in [0.15, 0.2) is 39.5 Å². The van der Waals surface area contributed by atoms with Crippen molar-refractivity contribution in [1.82, 2.24) is 15.0 Å². The van der Waals surface area contributed by atoms with Crippen LogP contribution in [0.25, 0.3) is 0 Å². The number of fused-ring (bicyclic) bond motifs is 1. The predicted molar refractivity (Wildman–Crippen MR) is 96.3 cm³/mol. The maximum Gasteiger partial charge on any atom is 0.263 e. The van der Waals surface area contributed by atoms with Crippen molar-refractivity contribution in [2.75, 3.05) is 6.54 Å². The van der Waals surface area contributed by atoms with Crippen LogP contribution in [0.1, 0.15) is 23.2 Å². The molecule has 1 aliphatic rings. The average molecular weight is 378 g/mol. The third-order valence-corrected chi connectivity index (χ3v) is 5.93. The summed E-state index contributed by atoms with van der Waals surface area (Å²) in [6, 6.07) is 5.86. The van der Waals surface area contributed by atoms with Crippen LogP contribution < -0.4 is 10.0 Å². The summed E-state index contributed by atoms with van der Waals surface area (Å²) in [6.45, 7) is 4.02. The van der Waals surface area contributed by atoms with Crippen LogP contribution in [0.3, 0.4) is 0 Å². The number of amides is 1. The van der Waals surface area contributed by atoms with Crippen molar-refractivity contribution in [1.29, 1.82) is 0 Å². The van der Waals surface area contributed by atoms with Crippen molar-refractivity contribution in [2.24, 2.45) is 4.99 Å². The Bertz CT molecular complexity index is 934. The molecule has 132 valence electrons. The zero-order valence-electron chi connectivity index (χ0n) is 13.8. The van der Waals surface area contributed by atoms with Gasteiger partial charge in [0.15, 0.2) is 0 Å². The fraction of sp³-hybridized carbons (Fsp3) is 0.312. The van der Waals surface area contributed by atoms with Crippen molar-refractivity contribution in [2.45, 2.75) is 31.2 Å². The van der Waals surface area contributed by atoms with Crippen LogP contribution in [0.4, 0.5) is 0 Å². The number of aryl methyl sites for hydroxylation is 1. The van der Waals surface area contributed by atoms with E-state index in [0.717, 1.165) is 10.7 Å². The normalized spacial score (nSPS) is 17.8. The molecule has 2 aromatic rings. The minimum atomic E-state index is -3.60. The van der Waals surface area contributed by atoms with E-state index in [1.165, 1.54) is 6.07 Å². The second kappa shape index (κ2) is 6.93. The Labute approximate surface area is 150 Å². The van der Waals surface area contributed by atoms with E-state index < -0.39 is 16.1 Å². The highest BCUT2D eigenvalue weighted by Crippen LogP contribution is 2.22. The number of carbonyl (C=O) groups excluding carboxylic acids is 1. The van der Waals surface area contributed by atoms with E-state index in [1.54, 1.807) is 36.5 Å². The standard InChI is InChI=1S/C16H18N4O3S2/c1-10(16(21)17-8-7-12-9-24-11(2)19-12)18-15-13-5-3-4-6-14(13)25(22,23)20-15/h3-6,9-10H,7-8H2,1-2H3,(H,17,21)(H,18,20)/t10-/m1/s1. The van der Waals surface area contributed by atoms with Gasteiger partial charge < -0.3 is 5.32 Å². The van der Waals surface area contributed by atoms with Crippen molar-refractivity contribution < 1.29 is 13.2 Å². The molecule has 0 saturated carbocycles. The van der Waals surface area contributed by atoms with Crippen molar-refractivity contribution in [3.8, 4) is 0 Å². The smallest absolute Gasteiger partial charge is 0.263 e. The van der Waals surface area contributed by atoms with Gasteiger partial charge in [0.1, 0.15) is 11.9 Å². The molecule has 1 atom stereocenters. The van der Waals surface area contributed by atoms with Crippen LogP contribution in [0.5, 0.6) is 0 Å². The minimum Gasteiger partial charge on any atom is -0.354 e. The second-order valence-corrected chi connectivity index (χ2v) is 8.37. The highest BCUT2D eigenvalue weighted by Gasteiger charge is 2.31. The van der Waals surface area contributed by atoms with Crippen LogP contribution in [-0.4, -0.2) is 37.7 Å². The van der Waals surface area contributed by atoms with Gasteiger partial charge in [0, 0.05) is 23.9 Å². The van der Waals surface area contributed by atoms with Crippen LogP contribution in [0.2, 0.25) is 0 Å². The number of sulfonamides is 1. The molecule has 1 aliphatic heterocycles. The zero-order chi connectivity index (χ0) is 18.0. The number of thiazole rings is 1. The summed E-state index contributed by atoms with van der Waals surface area (Å²) in [7, 11) is -3.60. The molecule has 0 unspecified atom stereocenters. The van der Waals surface area contributed by atoms with Gasteiger partial charge in [-0.3, -0.25) is 14.5 Å². The molecule has 0 radical (unpaired) electrons. The van der Waals surface area contributed by atoms with E-state index in [4.69, 9.17) is 0 Å². The van der Waals surface area contributed by atoms with Crippen molar-refractivity contribution in [3.05, 3.63) is 45.9 Å².